The van der Waals surface area contributed by atoms with Gasteiger partial charge in [-0.3, -0.25) is 9.59 Å². The third-order valence-corrected chi connectivity index (χ3v) is 4.55. The zero-order valence-corrected chi connectivity index (χ0v) is 12.2. The van der Waals surface area contributed by atoms with Crippen molar-refractivity contribution in [1.82, 2.24) is 4.90 Å². The summed E-state index contributed by atoms with van der Waals surface area (Å²) in [7, 11) is -3.40. The number of nitrogens with zero attached hydrogens (tertiary/aromatic N) is 1. The molecule has 20 heavy (non-hydrogen) atoms. The first kappa shape index (κ1) is 16.2. The standard InChI is InChI=1S/C13H17NO5S/c1-3-14(9-12(15)16)13(17)10-6-5-7-11(8-10)20(18,19)4-2/h5-8H,3-4,9H2,1-2H3,(H,15,16). The van der Waals surface area contributed by atoms with Crippen LogP contribution in [-0.2, 0) is 14.6 Å². The van der Waals surface area contributed by atoms with Crippen molar-refractivity contribution in [1.29, 1.82) is 0 Å². The molecule has 0 fully saturated rings. The van der Waals surface area contributed by atoms with Crippen molar-refractivity contribution in [3.05, 3.63) is 29.8 Å². The van der Waals surface area contributed by atoms with Gasteiger partial charge in [0.2, 0.25) is 0 Å². The van der Waals surface area contributed by atoms with Crippen molar-refractivity contribution < 1.29 is 23.1 Å². The molecular formula is C13H17NO5S. The average molecular weight is 299 g/mol. The summed E-state index contributed by atoms with van der Waals surface area (Å²) in [5.41, 5.74) is 0.169. The summed E-state index contributed by atoms with van der Waals surface area (Å²) in [4.78, 5) is 24.0. The van der Waals surface area contributed by atoms with Crippen LogP contribution < -0.4 is 0 Å². The molecule has 1 aromatic rings. The van der Waals surface area contributed by atoms with E-state index >= 15 is 0 Å². The maximum Gasteiger partial charge on any atom is 0.323 e. The zero-order valence-electron chi connectivity index (χ0n) is 11.4. The Morgan fingerprint density at radius 3 is 2.40 bits per heavy atom. The number of carbonyl (C=O) groups is 2. The summed E-state index contributed by atoms with van der Waals surface area (Å²) >= 11 is 0. The maximum atomic E-state index is 12.1. The summed E-state index contributed by atoms with van der Waals surface area (Å²) < 4.78 is 23.5. The molecule has 1 rings (SSSR count). The quantitative estimate of drug-likeness (QED) is 0.847. The molecule has 0 aliphatic carbocycles. The van der Waals surface area contributed by atoms with Gasteiger partial charge in [0, 0.05) is 12.1 Å². The summed E-state index contributed by atoms with van der Waals surface area (Å²) in [5.74, 6) is -1.67. The molecule has 6 nitrogen and oxygen atoms in total. The number of rotatable bonds is 6. The fraction of sp³-hybridized carbons (Fsp3) is 0.385. The highest BCUT2D eigenvalue weighted by molar-refractivity contribution is 7.91. The van der Waals surface area contributed by atoms with Gasteiger partial charge in [-0.25, -0.2) is 8.42 Å². The Morgan fingerprint density at radius 2 is 1.90 bits per heavy atom. The lowest BCUT2D eigenvalue weighted by Crippen LogP contribution is -2.35. The van der Waals surface area contributed by atoms with Crippen LogP contribution in [-0.4, -0.2) is 49.1 Å². The molecule has 0 saturated carbocycles. The van der Waals surface area contributed by atoms with Gasteiger partial charge in [-0.15, -0.1) is 0 Å². The molecule has 0 saturated heterocycles. The number of likely N-dealkylation sites (N-methyl/N-ethyl adjacent to an activating group) is 1. The lowest BCUT2D eigenvalue weighted by atomic mass is 10.2. The molecule has 0 radical (unpaired) electrons. The van der Waals surface area contributed by atoms with Crippen LogP contribution in [0.4, 0.5) is 0 Å². The van der Waals surface area contributed by atoms with E-state index in [0.717, 1.165) is 4.90 Å². The smallest absolute Gasteiger partial charge is 0.323 e. The first-order chi connectivity index (χ1) is 9.31. The van der Waals surface area contributed by atoms with E-state index in [4.69, 9.17) is 5.11 Å². The average Bonchev–Trinajstić information content (AvgIpc) is 2.44. The minimum atomic E-state index is -3.40. The van der Waals surface area contributed by atoms with Crippen LogP contribution in [0, 0.1) is 0 Å². The number of carboxylic acid groups (broad SMARTS) is 1. The van der Waals surface area contributed by atoms with Crippen LogP contribution in [0.25, 0.3) is 0 Å². The van der Waals surface area contributed by atoms with Crippen LogP contribution in [0.3, 0.4) is 0 Å². The topological polar surface area (TPSA) is 91.8 Å². The molecule has 0 atom stereocenters. The molecule has 0 bridgehead atoms. The number of amides is 1. The van der Waals surface area contributed by atoms with E-state index in [1.807, 2.05) is 0 Å². The predicted molar refractivity (Wildman–Crippen MR) is 73.4 cm³/mol. The van der Waals surface area contributed by atoms with Crippen LogP contribution in [0.1, 0.15) is 24.2 Å². The fourth-order valence-electron chi connectivity index (χ4n) is 1.66. The normalized spacial score (nSPS) is 11.1. The molecule has 1 N–H and O–H groups in total. The van der Waals surface area contributed by atoms with Crippen LogP contribution >= 0.6 is 0 Å². The second-order valence-corrected chi connectivity index (χ2v) is 6.42. The van der Waals surface area contributed by atoms with Gasteiger partial charge in [0.1, 0.15) is 6.54 Å². The molecule has 1 amide bonds. The third kappa shape index (κ3) is 3.80. The summed E-state index contributed by atoms with van der Waals surface area (Å²) in [6.45, 7) is 3.00. The molecule has 110 valence electrons. The van der Waals surface area contributed by atoms with Gasteiger partial charge in [-0.2, -0.15) is 0 Å². The molecule has 1 aromatic carbocycles. The van der Waals surface area contributed by atoms with Crippen molar-refractivity contribution in [3.8, 4) is 0 Å². The number of hydrogen-bond acceptors (Lipinski definition) is 4. The second-order valence-electron chi connectivity index (χ2n) is 4.14. The van der Waals surface area contributed by atoms with Crippen LogP contribution in [0.5, 0.6) is 0 Å². The Bertz CT molecular complexity index is 609. The highest BCUT2D eigenvalue weighted by Gasteiger charge is 2.19. The van der Waals surface area contributed by atoms with E-state index in [-0.39, 0.29) is 22.8 Å². The van der Waals surface area contributed by atoms with Gasteiger partial charge < -0.3 is 10.0 Å². The summed E-state index contributed by atoms with van der Waals surface area (Å²) in [6.07, 6.45) is 0. The SMILES string of the molecule is CCN(CC(=O)O)C(=O)c1cccc(S(=O)(=O)CC)c1. The van der Waals surface area contributed by atoms with Gasteiger partial charge >= 0.3 is 5.97 Å². The van der Waals surface area contributed by atoms with Crippen molar-refractivity contribution >= 4 is 21.7 Å². The molecule has 0 aliphatic rings. The van der Waals surface area contributed by atoms with Crippen LogP contribution in [0.15, 0.2) is 29.2 Å². The molecule has 0 heterocycles. The largest absolute Gasteiger partial charge is 0.480 e. The van der Waals surface area contributed by atoms with Gasteiger partial charge in [0.15, 0.2) is 9.84 Å². The molecule has 0 aliphatic heterocycles. The van der Waals surface area contributed by atoms with Crippen molar-refractivity contribution in [3.63, 3.8) is 0 Å². The number of hydrogen-bond donors (Lipinski definition) is 1. The number of carbonyl (C=O) groups excluding carboxylic acids is 1. The second kappa shape index (κ2) is 6.51. The Kier molecular flexibility index (Phi) is 5.26. The summed E-state index contributed by atoms with van der Waals surface area (Å²) in [5, 5.41) is 8.74. The van der Waals surface area contributed by atoms with Crippen molar-refractivity contribution in [2.75, 3.05) is 18.8 Å². The first-order valence-corrected chi connectivity index (χ1v) is 7.81. The van der Waals surface area contributed by atoms with Gasteiger partial charge in [0.25, 0.3) is 5.91 Å². The minimum absolute atomic E-state index is 0.0583. The van der Waals surface area contributed by atoms with E-state index < -0.39 is 28.3 Å². The highest BCUT2D eigenvalue weighted by atomic mass is 32.2. The van der Waals surface area contributed by atoms with Crippen molar-refractivity contribution in [2.24, 2.45) is 0 Å². The Balaban J connectivity index is 3.11. The molecular weight excluding hydrogens is 282 g/mol. The molecule has 0 unspecified atom stereocenters. The zero-order chi connectivity index (χ0) is 15.3. The number of sulfone groups is 1. The van der Waals surface area contributed by atoms with E-state index in [9.17, 15) is 18.0 Å². The number of aliphatic carboxylic acids is 1. The molecule has 7 heteroatoms. The van der Waals surface area contributed by atoms with Crippen molar-refractivity contribution in [2.45, 2.75) is 18.7 Å². The molecule has 0 spiro atoms. The van der Waals surface area contributed by atoms with E-state index in [2.05, 4.69) is 0 Å². The van der Waals surface area contributed by atoms with E-state index in [0.29, 0.717) is 0 Å². The monoisotopic (exact) mass is 299 g/mol. The highest BCUT2D eigenvalue weighted by Crippen LogP contribution is 2.14. The first-order valence-electron chi connectivity index (χ1n) is 6.15. The van der Waals surface area contributed by atoms with Gasteiger partial charge in [0.05, 0.1) is 10.6 Å². The van der Waals surface area contributed by atoms with Crippen LogP contribution in [0.2, 0.25) is 0 Å². The van der Waals surface area contributed by atoms with Gasteiger partial charge in [-0.05, 0) is 25.1 Å². The number of carboxylic acids is 1. The third-order valence-electron chi connectivity index (χ3n) is 2.82. The summed E-state index contributed by atoms with van der Waals surface area (Å²) in [6, 6.07) is 5.65. The maximum absolute atomic E-state index is 12.1. The molecule has 0 aromatic heterocycles. The Labute approximate surface area is 117 Å². The lowest BCUT2D eigenvalue weighted by molar-refractivity contribution is -0.137. The lowest BCUT2D eigenvalue weighted by Gasteiger charge is -2.18. The predicted octanol–water partition coefficient (Wildman–Crippen LogP) is 1.03. The fourth-order valence-corrected chi connectivity index (χ4v) is 2.59. The Morgan fingerprint density at radius 1 is 1.25 bits per heavy atom. The number of benzene rings is 1. The van der Waals surface area contributed by atoms with Gasteiger partial charge in [-0.1, -0.05) is 13.0 Å². The minimum Gasteiger partial charge on any atom is -0.480 e. The van der Waals surface area contributed by atoms with E-state index in [1.165, 1.54) is 31.2 Å². The van der Waals surface area contributed by atoms with E-state index in [1.54, 1.807) is 6.92 Å². The Hall–Kier alpha value is -1.89.